The minimum Gasteiger partial charge on any atom is -0.480 e. The van der Waals surface area contributed by atoms with Crippen LogP contribution in [0.3, 0.4) is 0 Å². The molecule has 1 N–H and O–H groups in total. The van der Waals surface area contributed by atoms with Crippen LogP contribution in [0.25, 0.3) is 0 Å². The topological polar surface area (TPSA) is 60.9 Å². The smallest absolute Gasteiger partial charge is 0.406 e. The molecule has 0 aromatic heterocycles. The first-order valence-corrected chi connectivity index (χ1v) is 5.43. The Morgan fingerprint density at radius 1 is 1.58 bits per heavy atom. The first-order chi connectivity index (χ1) is 8.13. The number of nitrogens with zero attached hydrogens (tertiary/aromatic N) is 2. The van der Waals surface area contributed by atoms with E-state index in [4.69, 9.17) is 5.11 Å². The summed E-state index contributed by atoms with van der Waals surface area (Å²) in [5.41, 5.74) is 0. The van der Waals surface area contributed by atoms with Gasteiger partial charge in [0.15, 0.2) is 0 Å². The van der Waals surface area contributed by atoms with E-state index < -0.39 is 36.7 Å². The molecule has 0 radical (unpaired) electrons. The Morgan fingerprint density at radius 2 is 2.11 bits per heavy atom. The summed E-state index contributed by atoms with van der Waals surface area (Å²) in [6.45, 7) is 0.110. The van der Waals surface area contributed by atoms with E-state index in [0.29, 0.717) is 0 Å². The lowest BCUT2D eigenvalue weighted by Gasteiger charge is -2.27. The van der Waals surface area contributed by atoms with Crippen LogP contribution < -0.4 is 0 Å². The molecule has 112 valence electrons. The van der Waals surface area contributed by atoms with Crippen molar-refractivity contribution in [1.82, 2.24) is 9.80 Å². The number of likely N-dealkylation sites (N-methyl/N-ethyl adjacent to an activating group) is 1. The minimum absolute atomic E-state index is 0. The van der Waals surface area contributed by atoms with Crippen molar-refractivity contribution in [3.8, 4) is 0 Å². The van der Waals surface area contributed by atoms with E-state index in [-0.39, 0.29) is 25.4 Å². The van der Waals surface area contributed by atoms with E-state index in [1.807, 2.05) is 0 Å². The molecule has 0 aromatic rings. The van der Waals surface area contributed by atoms with Gasteiger partial charge >= 0.3 is 12.1 Å². The van der Waals surface area contributed by atoms with E-state index in [2.05, 4.69) is 0 Å². The summed E-state index contributed by atoms with van der Waals surface area (Å²) >= 11 is 0. The van der Waals surface area contributed by atoms with Gasteiger partial charge in [0, 0.05) is 6.54 Å². The molecule has 0 aliphatic carbocycles. The number of aliphatic carboxylic acids is 1. The first-order valence-electron chi connectivity index (χ1n) is 5.43. The van der Waals surface area contributed by atoms with Gasteiger partial charge in [0.1, 0.15) is 12.6 Å². The van der Waals surface area contributed by atoms with Crippen LogP contribution in [-0.2, 0) is 9.59 Å². The zero-order valence-corrected chi connectivity index (χ0v) is 11.3. The van der Waals surface area contributed by atoms with Gasteiger partial charge in [0.2, 0.25) is 5.91 Å². The highest BCUT2D eigenvalue weighted by molar-refractivity contribution is 5.85. The van der Waals surface area contributed by atoms with Crippen molar-refractivity contribution in [1.29, 1.82) is 0 Å². The lowest BCUT2D eigenvalue weighted by Crippen LogP contribution is -2.48. The molecular formula is C10H16ClF3N2O3. The van der Waals surface area contributed by atoms with E-state index in [1.54, 1.807) is 0 Å². The van der Waals surface area contributed by atoms with Gasteiger partial charge in [-0.1, -0.05) is 0 Å². The lowest BCUT2D eigenvalue weighted by atomic mass is 10.2. The van der Waals surface area contributed by atoms with Crippen LogP contribution in [0.5, 0.6) is 0 Å². The van der Waals surface area contributed by atoms with Crippen molar-refractivity contribution in [3.63, 3.8) is 0 Å². The summed E-state index contributed by atoms with van der Waals surface area (Å²) in [7, 11) is 1.43. The fourth-order valence-electron chi connectivity index (χ4n) is 1.92. The molecule has 9 heteroatoms. The first kappa shape index (κ1) is 18.0. The molecule has 2 unspecified atom stereocenters. The normalized spacial score (nSPS) is 21.5. The second kappa shape index (κ2) is 6.42. The van der Waals surface area contributed by atoms with Gasteiger partial charge in [0.25, 0.3) is 0 Å². The van der Waals surface area contributed by atoms with Crippen LogP contribution in [0.4, 0.5) is 13.2 Å². The highest BCUT2D eigenvalue weighted by Crippen LogP contribution is 2.23. The Hall–Kier alpha value is -1.02. The summed E-state index contributed by atoms with van der Waals surface area (Å²) in [5.74, 6) is -1.78. The maximum absolute atomic E-state index is 12.2. The quantitative estimate of drug-likeness (QED) is 0.841. The van der Waals surface area contributed by atoms with Crippen LogP contribution >= 0.6 is 12.4 Å². The third-order valence-corrected chi connectivity index (χ3v) is 3.10. The molecule has 1 saturated heterocycles. The summed E-state index contributed by atoms with van der Waals surface area (Å²) < 4.78 is 36.6. The van der Waals surface area contributed by atoms with Crippen molar-refractivity contribution >= 4 is 24.3 Å². The number of alkyl halides is 3. The van der Waals surface area contributed by atoms with Crippen LogP contribution in [0.1, 0.15) is 13.3 Å². The number of amides is 1. The van der Waals surface area contributed by atoms with E-state index in [0.717, 1.165) is 4.90 Å². The Kier molecular flexibility index (Phi) is 6.08. The number of halogens is 4. The van der Waals surface area contributed by atoms with E-state index >= 15 is 0 Å². The minimum atomic E-state index is -4.43. The molecule has 5 nitrogen and oxygen atoms in total. The molecule has 2 atom stereocenters. The number of carbonyl (C=O) groups excluding carboxylic acids is 1. The van der Waals surface area contributed by atoms with Crippen molar-refractivity contribution in [3.05, 3.63) is 0 Å². The molecule has 1 amide bonds. The zero-order valence-electron chi connectivity index (χ0n) is 10.5. The maximum atomic E-state index is 12.2. The lowest BCUT2D eigenvalue weighted by molar-refractivity contribution is -0.159. The van der Waals surface area contributed by atoms with Gasteiger partial charge in [-0.15, -0.1) is 12.4 Å². The summed E-state index contributed by atoms with van der Waals surface area (Å²) in [6, 6.07) is -1.71. The Morgan fingerprint density at radius 3 is 2.53 bits per heavy atom. The second-order valence-electron chi connectivity index (χ2n) is 4.36. The monoisotopic (exact) mass is 304 g/mol. The molecule has 1 heterocycles. The highest BCUT2D eigenvalue weighted by Gasteiger charge is 2.42. The number of hydrogen-bond donors (Lipinski definition) is 1. The average Bonchev–Trinajstić information content (AvgIpc) is 2.56. The van der Waals surface area contributed by atoms with E-state index in [9.17, 15) is 22.8 Å². The van der Waals surface area contributed by atoms with Gasteiger partial charge in [-0.25, -0.2) is 0 Å². The molecule has 0 aromatic carbocycles. The third-order valence-electron chi connectivity index (χ3n) is 3.10. The SMILES string of the molecule is CC(C(=O)O)N(C)C1CCN(CC(F)(F)F)C1=O.Cl. The van der Waals surface area contributed by atoms with Crippen molar-refractivity contribution in [2.75, 3.05) is 20.1 Å². The summed E-state index contributed by atoms with van der Waals surface area (Å²) in [4.78, 5) is 24.5. The van der Waals surface area contributed by atoms with E-state index in [1.165, 1.54) is 18.9 Å². The van der Waals surface area contributed by atoms with Gasteiger partial charge in [-0.05, 0) is 20.4 Å². The zero-order chi connectivity index (χ0) is 14.1. The van der Waals surface area contributed by atoms with Crippen molar-refractivity contribution in [2.24, 2.45) is 0 Å². The fourth-order valence-corrected chi connectivity index (χ4v) is 1.92. The molecule has 0 bridgehead atoms. The van der Waals surface area contributed by atoms with Gasteiger partial charge in [0.05, 0.1) is 6.04 Å². The molecule has 1 rings (SSSR count). The molecule has 0 spiro atoms. The predicted molar refractivity (Wildman–Crippen MR) is 63.1 cm³/mol. The Bertz CT molecular complexity index is 351. The number of carbonyl (C=O) groups is 2. The third kappa shape index (κ3) is 4.54. The Balaban J connectivity index is 0.00000324. The maximum Gasteiger partial charge on any atom is 0.406 e. The van der Waals surface area contributed by atoms with Gasteiger partial charge < -0.3 is 10.0 Å². The molecule has 1 aliphatic rings. The van der Waals surface area contributed by atoms with Gasteiger partial charge in [-0.2, -0.15) is 13.2 Å². The molecule has 19 heavy (non-hydrogen) atoms. The highest BCUT2D eigenvalue weighted by atomic mass is 35.5. The van der Waals surface area contributed by atoms with Crippen LogP contribution in [-0.4, -0.2) is 65.2 Å². The molecule has 0 saturated carbocycles. The summed E-state index contributed by atoms with van der Waals surface area (Å²) in [5, 5.41) is 8.80. The summed E-state index contributed by atoms with van der Waals surface area (Å²) in [6.07, 6.45) is -4.22. The second-order valence-corrected chi connectivity index (χ2v) is 4.36. The standard InChI is InChI=1S/C10H15F3N2O3.ClH/c1-6(9(17)18)14(2)7-3-4-15(8(7)16)5-10(11,12)13;/h6-7H,3-5H2,1-2H3,(H,17,18);1H. The van der Waals surface area contributed by atoms with Crippen LogP contribution in [0, 0.1) is 0 Å². The predicted octanol–water partition coefficient (Wildman–Crippen LogP) is 0.976. The molecule has 1 fully saturated rings. The van der Waals surface area contributed by atoms with Crippen LogP contribution in [0.15, 0.2) is 0 Å². The number of carboxylic acids is 1. The number of carboxylic acid groups (broad SMARTS) is 1. The fraction of sp³-hybridized carbons (Fsp3) is 0.800. The largest absolute Gasteiger partial charge is 0.480 e. The molecule has 1 aliphatic heterocycles. The van der Waals surface area contributed by atoms with Crippen LogP contribution in [0.2, 0.25) is 0 Å². The number of rotatable bonds is 4. The molecular weight excluding hydrogens is 289 g/mol. The Labute approximate surface area is 114 Å². The number of likely N-dealkylation sites (tertiary alicyclic amines) is 1. The van der Waals surface area contributed by atoms with Crippen molar-refractivity contribution in [2.45, 2.75) is 31.6 Å². The number of hydrogen-bond acceptors (Lipinski definition) is 3. The van der Waals surface area contributed by atoms with Gasteiger partial charge in [-0.3, -0.25) is 14.5 Å². The average molecular weight is 305 g/mol. The van der Waals surface area contributed by atoms with Crippen molar-refractivity contribution < 1.29 is 27.9 Å².